The van der Waals surface area contributed by atoms with Crippen LogP contribution >= 0.6 is 0 Å². The molecule has 0 aliphatic carbocycles. The summed E-state index contributed by atoms with van der Waals surface area (Å²) in [5.74, 6) is 0.790. The van der Waals surface area contributed by atoms with Gasteiger partial charge in [0.15, 0.2) is 5.82 Å². The monoisotopic (exact) mass is 284 g/mol. The standard InChI is InChI=1S/C15H20N6/c1-2-3-8-19-9-10-20(13-19)11-14-12-21(18-17-14)15-6-4-5-7-16-15/h4-7,9-10,12H,2-3,8,11,13H2,1H3. The Hall–Kier alpha value is -2.37. The minimum Gasteiger partial charge on any atom is -0.359 e. The Bertz CT molecular complexity index is 591. The number of rotatable bonds is 6. The van der Waals surface area contributed by atoms with Crippen molar-refractivity contribution in [2.24, 2.45) is 0 Å². The van der Waals surface area contributed by atoms with E-state index in [4.69, 9.17) is 0 Å². The van der Waals surface area contributed by atoms with E-state index in [0.717, 1.165) is 31.3 Å². The first-order valence-corrected chi connectivity index (χ1v) is 7.34. The summed E-state index contributed by atoms with van der Waals surface area (Å²) < 4.78 is 1.71. The minimum atomic E-state index is 0.770. The molecule has 0 atom stereocenters. The second kappa shape index (κ2) is 6.39. The molecule has 6 nitrogen and oxygen atoms in total. The highest BCUT2D eigenvalue weighted by Crippen LogP contribution is 2.12. The third kappa shape index (κ3) is 3.39. The molecule has 0 radical (unpaired) electrons. The first-order valence-electron chi connectivity index (χ1n) is 7.34. The lowest BCUT2D eigenvalue weighted by Crippen LogP contribution is -2.25. The maximum atomic E-state index is 4.26. The molecule has 0 unspecified atom stereocenters. The Balaban J connectivity index is 1.58. The van der Waals surface area contributed by atoms with Crippen LogP contribution in [0.1, 0.15) is 25.5 Å². The molecule has 1 aliphatic rings. The van der Waals surface area contributed by atoms with Crippen LogP contribution in [0, 0.1) is 0 Å². The number of pyridine rings is 1. The van der Waals surface area contributed by atoms with E-state index in [1.807, 2.05) is 24.4 Å². The molecule has 0 saturated carbocycles. The van der Waals surface area contributed by atoms with Gasteiger partial charge in [0.1, 0.15) is 5.69 Å². The predicted molar refractivity (Wildman–Crippen MR) is 80.3 cm³/mol. The summed E-state index contributed by atoms with van der Waals surface area (Å²) in [6, 6.07) is 5.75. The SMILES string of the molecule is CCCCN1C=CN(Cc2cn(-c3ccccn3)nn2)C1. The highest BCUT2D eigenvalue weighted by atomic mass is 15.4. The van der Waals surface area contributed by atoms with Crippen LogP contribution < -0.4 is 0 Å². The van der Waals surface area contributed by atoms with Crippen LogP contribution in [0.5, 0.6) is 0 Å². The van der Waals surface area contributed by atoms with Crippen LogP contribution in [0.4, 0.5) is 0 Å². The molecular weight excluding hydrogens is 264 g/mol. The van der Waals surface area contributed by atoms with E-state index in [9.17, 15) is 0 Å². The van der Waals surface area contributed by atoms with Gasteiger partial charge in [-0.05, 0) is 18.6 Å². The Morgan fingerprint density at radius 2 is 2.10 bits per heavy atom. The van der Waals surface area contributed by atoms with Gasteiger partial charge in [0.2, 0.25) is 0 Å². The fourth-order valence-electron chi connectivity index (χ4n) is 2.31. The summed E-state index contributed by atoms with van der Waals surface area (Å²) in [5.41, 5.74) is 0.947. The molecule has 3 rings (SSSR count). The summed E-state index contributed by atoms with van der Waals surface area (Å²) in [4.78, 5) is 8.83. The summed E-state index contributed by atoms with van der Waals surface area (Å²) in [7, 11) is 0. The highest BCUT2D eigenvalue weighted by molar-refractivity contribution is 5.20. The van der Waals surface area contributed by atoms with E-state index < -0.39 is 0 Å². The van der Waals surface area contributed by atoms with Crippen molar-refractivity contribution < 1.29 is 0 Å². The average molecular weight is 284 g/mol. The maximum Gasteiger partial charge on any atom is 0.155 e. The molecule has 3 heterocycles. The zero-order chi connectivity index (χ0) is 14.5. The van der Waals surface area contributed by atoms with Crippen molar-refractivity contribution in [1.29, 1.82) is 0 Å². The molecule has 0 aromatic carbocycles. The van der Waals surface area contributed by atoms with Gasteiger partial charge in [-0.2, -0.15) is 0 Å². The first-order chi connectivity index (χ1) is 10.3. The van der Waals surface area contributed by atoms with Gasteiger partial charge >= 0.3 is 0 Å². The second-order valence-corrected chi connectivity index (χ2v) is 5.19. The van der Waals surface area contributed by atoms with E-state index in [-0.39, 0.29) is 0 Å². The molecule has 0 bridgehead atoms. The van der Waals surface area contributed by atoms with Gasteiger partial charge < -0.3 is 9.80 Å². The van der Waals surface area contributed by atoms with Crippen LogP contribution in [0.15, 0.2) is 43.0 Å². The fourth-order valence-corrected chi connectivity index (χ4v) is 2.31. The van der Waals surface area contributed by atoms with Crippen molar-refractivity contribution in [2.45, 2.75) is 26.3 Å². The summed E-state index contributed by atoms with van der Waals surface area (Å²) in [6.45, 7) is 5.03. The lowest BCUT2D eigenvalue weighted by Gasteiger charge is -2.20. The molecule has 0 spiro atoms. The van der Waals surface area contributed by atoms with Crippen LogP contribution in [-0.2, 0) is 6.54 Å². The van der Waals surface area contributed by atoms with Gasteiger partial charge in [0.05, 0.1) is 19.4 Å². The molecule has 0 fully saturated rings. The summed E-state index contributed by atoms with van der Waals surface area (Å²) in [6.07, 6.45) is 10.4. The van der Waals surface area contributed by atoms with Crippen molar-refractivity contribution in [2.75, 3.05) is 13.2 Å². The Morgan fingerprint density at radius 3 is 2.90 bits per heavy atom. The maximum absolute atomic E-state index is 4.26. The van der Waals surface area contributed by atoms with Gasteiger partial charge in [0, 0.05) is 25.1 Å². The molecule has 0 N–H and O–H groups in total. The molecule has 2 aromatic rings. The number of aromatic nitrogens is 4. The molecule has 110 valence electrons. The molecule has 0 saturated heterocycles. The van der Waals surface area contributed by atoms with Crippen molar-refractivity contribution in [3.8, 4) is 5.82 Å². The van der Waals surface area contributed by atoms with E-state index in [1.165, 1.54) is 12.8 Å². The Labute approximate surface area is 124 Å². The van der Waals surface area contributed by atoms with Gasteiger partial charge in [-0.1, -0.05) is 24.6 Å². The molecule has 6 heteroatoms. The third-order valence-corrected chi connectivity index (χ3v) is 3.44. The van der Waals surface area contributed by atoms with Crippen LogP contribution in [0.2, 0.25) is 0 Å². The van der Waals surface area contributed by atoms with Crippen molar-refractivity contribution >= 4 is 0 Å². The fraction of sp³-hybridized carbons (Fsp3) is 0.400. The lowest BCUT2D eigenvalue weighted by atomic mass is 10.3. The quantitative estimate of drug-likeness (QED) is 0.812. The van der Waals surface area contributed by atoms with E-state index in [2.05, 4.69) is 44.4 Å². The zero-order valence-corrected chi connectivity index (χ0v) is 12.3. The van der Waals surface area contributed by atoms with E-state index in [1.54, 1.807) is 10.9 Å². The number of nitrogens with zero attached hydrogens (tertiary/aromatic N) is 6. The van der Waals surface area contributed by atoms with Crippen molar-refractivity contribution in [3.63, 3.8) is 0 Å². The smallest absolute Gasteiger partial charge is 0.155 e. The van der Waals surface area contributed by atoms with Gasteiger partial charge in [-0.15, -0.1) is 5.10 Å². The van der Waals surface area contributed by atoms with Gasteiger partial charge in [-0.25, -0.2) is 9.67 Å². The largest absolute Gasteiger partial charge is 0.359 e. The minimum absolute atomic E-state index is 0.770. The van der Waals surface area contributed by atoms with Crippen LogP contribution in [0.25, 0.3) is 5.82 Å². The molecule has 1 aliphatic heterocycles. The topological polar surface area (TPSA) is 50.1 Å². The molecule has 0 amide bonds. The highest BCUT2D eigenvalue weighted by Gasteiger charge is 2.13. The summed E-state index contributed by atoms with van der Waals surface area (Å²) in [5, 5.41) is 8.36. The van der Waals surface area contributed by atoms with E-state index >= 15 is 0 Å². The molecule has 2 aromatic heterocycles. The second-order valence-electron chi connectivity index (χ2n) is 5.19. The van der Waals surface area contributed by atoms with Gasteiger partial charge in [0.25, 0.3) is 0 Å². The molecule has 21 heavy (non-hydrogen) atoms. The number of unbranched alkanes of at least 4 members (excludes halogenated alkanes) is 1. The van der Waals surface area contributed by atoms with E-state index in [0.29, 0.717) is 0 Å². The van der Waals surface area contributed by atoms with Crippen LogP contribution in [0.3, 0.4) is 0 Å². The van der Waals surface area contributed by atoms with Gasteiger partial charge in [-0.3, -0.25) is 0 Å². The van der Waals surface area contributed by atoms with Crippen LogP contribution in [-0.4, -0.2) is 43.0 Å². The normalized spacial score (nSPS) is 14.1. The zero-order valence-electron chi connectivity index (χ0n) is 12.3. The Morgan fingerprint density at radius 1 is 1.19 bits per heavy atom. The Kier molecular flexibility index (Phi) is 4.14. The lowest BCUT2D eigenvalue weighted by molar-refractivity contribution is 0.255. The molecular formula is C15H20N6. The van der Waals surface area contributed by atoms with Crippen molar-refractivity contribution in [3.05, 3.63) is 48.7 Å². The first kappa shape index (κ1) is 13.6. The predicted octanol–water partition coefficient (Wildman–Crippen LogP) is 2.01. The number of hydrogen-bond donors (Lipinski definition) is 0. The van der Waals surface area contributed by atoms with Crippen molar-refractivity contribution in [1.82, 2.24) is 29.8 Å². The summed E-state index contributed by atoms with van der Waals surface area (Å²) >= 11 is 0. The average Bonchev–Trinajstić information content (AvgIpc) is 3.16. The third-order valence-electron chi connectivity index (χ3n) is 3.44. The number of hydrogen-bond acceptors (Lipinski definition) is 5.